The summed E-state index contributed by atoms with van der Waals surface area (Å²) in [6, 6.07) is 4.14. The van der Waals surface area contributed by atoms with Gasteiger partial charge in [-0.15, -0.1) is 0 Å². The van der Waals surface area contributed by atoms with Crippen LogP contribution in [0.2, 0.25) is 0 Å². The van der Waals surface area contributed by atoms with Crippen molar-refractivity contribution in [2.75, 3.05) is 32.6 Å². The van der Waals surface area contributed by atoms with Gasteiger partial charge in [-0.2, -0.15) is 0 Å². The van der Waals surface area contributed by atoms with Gasteiger partial charge >= 0.3 is 0 Å². The smallest absolute Gasteiger partial charge is 0.270 e. The van der Waals surface area contributed by atoms with Crippen molar-refractivity contribution >= 4 is 17.3 Å². The van der Waals surface area contributed by atoms with Gasteiger partial charge < -0.3 is 15.4 Å². The zero-order valence-corrected chi connectivity index (χ0v) is 11.8. The molecule has 0 radical (unpaired) electrons. The zero-order chi connectivity index (χ0) is 15.1. The van der Waals surface area contributed by atoms with Crippen LogP contribution in [0.4, 0.5) is 11.4 Å². The van der Waals surface area contributed by atoms with E-state index in [1.807, 2.05) is 6.92 Å². The van der Waals surface area contributed by atoms with Crippen molar-refractivity contribution in [2.24, 2.45) is 5.92 Å². The van der Waals surface area contributed by atoms with Gasteiger partial charge in [-0.05, 0) is 12.0 Å². The fraction of sp³-hybridized carbons (Fsp3) is 0.462. The van der Waals surface area contributed by atoms with Crippen LogP contribution in [0, 0.1) is 16.0 Å². The van der Waals surface area contributed by atoms with Gasteiger partial charge in [-0.1, -0.05) is 6.92 Å². The van der Waals surface area contributed by atoms with E-state index in [9.17, 15) is 14.9 Å². The zero-order valence-electron chi connectivity index (χ0n) is 11.8. The summed E-state index contributed by atoms with van der Waals surface area (Å²) in [6.07, 6.45) is 0. The van der Waals surface area contributed by atoms with E-state index in [-0.39, 0.29) is 23.1 Å². The minimum atomic E-state index is -0.524. The lowest BCUT2D eigenvalue weighted by Crippen LogP contribution is -2.30. The molecule has 7 heteroatoms. The Balaban J connectivity index is 2.84. The topological polar surface area (TPSA) is 93.5 Å². The SMILES string of the molecule is CNc1ccc([N+](=O)[O-])cc1C(=O)NCC(C)COC. The highest BCUT2D eigenvalue weighted by Gasteiger charge is 2.16. The summed E-state index contributed by atoms with van der Waals surface area (Å²) in [5.74, 6) is -0.179. The molecular formula is C13H19N3O4. The van der Waals surface area contributed by atoms with Crippen molar-refractivity contribution in [3.63, 3.8) is 0 Å². The van der Waals surface area contributed by atoms with Crippen LogP contribution >= 0.6 is 0 Å². The molecule has 1 aromatic rings. The maximum Gasteiger partial charge on any atom is 0.270 e. The molecule has 1 unspecified atom stereocenters. The normalized spacial score (nSPS) is 11.8. The van der Waals surface area contributed by atoms with Crippen LogP contribution in [-0.2, 0) is 4.74 Å². The summed E-state index contributed by atoms with van der Waals surface area (Å²) >= 11 is 0. The average molecular weight is 281 g/mol. The number of hydrogen-bond donors (Lipinski definition) is 2. The van der Waals surface area contributed by atoms with Crippen molar-refractivity contribution in [3.05, 3.63) is 33.9 Å². The number of amides is 1. The summed E-state index contributed by atoms with van der Waals surface area (Å²) in [7, 11) is 3.25. The molecule has 0 aliphatic rings. The lowest BCUT2D eigenvalue weighted by Gasteiger charge is -2.13. The number of carbonyl (C=O) groups excluding carboxylic acids is 1. The van der Waals surface area contributed by atoms with E-state index in [0.29, 0.717) is 18.8 Å². The molecule has 0 aliphatic carbocycles. The molecule has 1 amide bonds. The number of hydrogen-bond acceptors (Lipinski definition) is 5. The standard InChI is InChI=1S/C13H19N3O4/c1-9(8-20-3)7-15-13(17)11-6-10(16(18)19)4-5-12(11)14-2/h4-6,9,14H,7-8H2,1-3H3,(H,15,17). The number of rotatable bonds is 7. The molecule has 2 N–H and O–H groups in total. The van der Waals surface area contributed by atoms with Crippen molar-refractivity contribution in [1.82, 2.24) is 5.32 Å². The Morgan fingerprint density at radius 2 is 2.20 bits per heavy atom. The van der Waals surface area contributed by atoms with Crippen LogP contribution in [0.25, 0.3) is 0 Å². The summed E-state index contributed by atoms with van der Waals surface area (Å²) in [5.41, 5.74) is 0.693. The van der Waals surface area contributed by atoms with E-state index >= 15 is 0 Å². The molecule has 20 heavy (non-hydrogen) atoms. The van der Waals surface area contributed by atoms with Gasteiger partial charge in [0.15, 0.2) is 0 Å². The van der Waals surface area contributed by atoms with Crippen molar-refractivity contribution in [1.29, 1.82) is 0 Å². The first kappa shape index (κ1) is 15.9. The van der Waals surface area contributed by atoms with Crippen molar-refractivity contribution in [3.8, 4) is 0 Å². The van der Waals surface area contributed by atoms with E-state index in [1.54, 1.807) is 14.2 Å². The van der Waals surface area contributed by atoms with Gasteiger partial charge in [-0.25, -0.2) is 0 Å². The Labute approximate surface area is 117 Å². The number of nitrogens with zero attached hydrogens (tertiary/aromatic N) is 1. The molecule has 7 nitrogen and oxygen atoms in total. The largest absolute Gasteiger partial charge is 0.387 e. The highest BCUT2D eigenvalue weighted by atomic mass is 16.6. The second kappa shape index (κ2) is 7.44. The van der Waals surface area contributed by atoms with E-state index in [1.165, 1.54) is 18.2 Å². The summed E-state index contributed by atoms with van der Waals surface area (Å²) in [6.45, 7) is 2.92. The first-order valence-electron chi connectivity index (χ1n) is 6.23. The number of anilines is 1. The molecule has 0 bridgehead atoms. The number of benzene rings is 1. The molecule has 0 heterocycles. The minimum Gasteiger partial charge on any atom is -0.387 e. The van der Waals surface area contributed by atoms with E-state index < -0.39 is 4.92 Å². The Morgan fingerprint density at radius 1 is 1.50 bits per heavy atom. The Bertz CT molecular complexity index is 491. The van der Waals surface area contributed by atoms with Crippen LogP contribution in [-0.4, -0.2) is 38.1 Å². The predicted octanol–water partition coefficient (Wildman–Crippen LogP) is 1.65. The number of non-ortho nitro benzene ring substituents is 1. The predicted molar refractivity (Wildman–Crippen MR) is 76.0 cm³/mol. The molecule has 0 spiro atoms. The molecule has 0 aromatic heterocycles. The molecular weight excluding hydrogens is 262 g/mol. The molecule has 0 fully saturated rings. The Morgan fingerprint density at radius 3 is 2.75 bits per heavy atom. The highest BCUT2D eigenvalue weighted by Crippen LogP contribution is 2.21. The number of ether oxygens (including phenoxy) is 1. The van der Waals surface area contributed by atoms with Gasteiger partial charge in [0.05, 0.1) is 17.1 Å². The minimum absolute atomic E-state index is 0.112. The third kappa shape index (κ3) is 4.20. The number of methoxy groups -OCH3 is 1. The number of nitro benzene ring substituents is 1. The summed E-state index contributed by atoms with van der Waals surface area (Å²) in [4.78, 5) is 22.3. The van der Waals surface area contributed by atoms with E-state index in [0.717, 1.165) is 0 Å². The third-order valence-electron chi connectivity index (χ3n) is 2.79. The van der Waals surface area contributed by atoms with Crippen LogP contribution in [0.1, 0.15) is 17.3 Å². The first-order chi connectivity index (χ1) is 9.49. The monoisotopic (exact) mass is 281 g/mol. The van der Waals surface area contributed by atoms with Crippen molar-refractivity contribution < 1.29 is 14.5 Å². The molecule has 0 saturated carbocycles. The van der Waals surface area contributed by atoms with Gasteiger partial charge in [0, 0.05) is 38.5 Å². The molecule has 1 aromatic carbocycles. The second-order valence-corrected chi connectivity index (χ2v) is 4.51. The second-order valence-electron chi connectivity index (χ2n) is 4.51. The highest BCUT2D eigenvalue weighted by molar-refractivity contribution is 6.00. The summed E-state index contributed by atoms with van der Waals surface area (Å²) < 4.78 is 4.98. The van der Waals surface area contributed by atoms with E-state index in [4.69, 9.17) is 4.74 Å². The fourth-order valence-electron chi connectivity index (χ4n) is 1.76. The van der Waals surface area contributed by atoms with Crippen molar-refractivity contribution in [2.45, 2.75) is 6.92 Å². The maximum absolute atomic E-state index is 12.1. The molecule has 0 saturated heterocycles. The van der Waals surface area contributed by atoms with Crippen LogP contribution < -0.4 is 10.6 Å². The lowest BCUT2D eigenvalue weighted by atomic mass is 10.1. The first-order valence-corrected chi connectivity index (χ1v) is 6.23. The Kier molecular flexibility index (Phi) is 5.92. The fourth-order valence-corrected chi connectivity index (χ4v) is 1.76. The third-order valence-corrected chi connectivity index (χ3v) is 2.79. The van der Waals surface area contributed by atoms with Crippen LogP contribution in [0.15, 0.2) is 18.2 Å². The van der Waals surface area contributed by atoms with Crippen LogP contribution in [0.5, 0.6) is 0 Å². The van der Waals surface area contributed by atoms with Gasteiger partial charge in [0.1, 0.15) is 0 Å². The molecule has 1 rings (SSSR count). The van der Waals surface area contributed by atoms with Gasteiger partial charge in [-0.3, -0.25) is 14.9 Å². The average Bonchev–Trinajstić information content (AvgIpc) is 2.44. The van der Waals surface area contributed by atoms with Gasteiger partial charge in [0.25, 0.3) is 11.6 Å². The molecule has 1 atom stereocenters. The summed E-state index contributed by atoms with van der Waals surface area (Å²) in [5, 5.41) is 16.4. The molecule has 0 aliphatic heterocycles. The van der Waals surface area contributed by atoms with E-state index in [2.05, 4.69) is 10.6 Å². The van der Waals surface area contributed by atoms with Crippen LogP contribution in [0.3, 0.4) is 0 Å². The number of carbonyl (C=O) groups is 1. The number of nitrogens with one attached hydrogen (secondary N) is 2. The maximum atomic E-state index is 12.1. The molecule has 110 valence electrons. The lowest BCUT2D eigenvalue weighted by molar-refractivity contribution is -0.384. The quantitative estimate of drug-likeness (QED) is 0.585. The Hall–Kier alpha value is -2.15. The number of nitro groups is 1. The van der Waals surface area contributed by atoms with Gasteiger partial charge in [0.2, 0.25) is 0 Å².